The summed E-state index contributed by atoms with van der Waals surface area (Å²) in [4.78, 5) is 25.5. The summed E-state index contributed by atoms with van der Waals surface area (Å²) in [6.45, 7) is 0.434. The average Bonchev–Trinajstić information content (AvgIpc) is 3.12. The Morgan fingerprint density at radius 1 is 1.36 bits per heavy atom. The van der Waals surface area contributed by atoms with Gasteiger partial charge in [0.1, 0.15) is 0 Å². The highest BCUT2D eigenvalue weighted by atomic mass is 35.5. The van der Waals surface area contributed by atoms with E-state index in [0.29, 0.717) is 29.2 Å². The monoisotopic (exact) mass is 397 g/mol. The summed E-state index contributed by atoms with van der Waals surface area (Å²) in [5, 5.41) is 7.83. The Bertz CT molecular complexity index is 723. The third-order valence-electron chi connectivity index (χ3n) is 3.45. The molecule has 0 fully saturated rings. The molecule has 0 spiro atoms. The van der Waals surface area contributed by atoms with Crippen LogP contribution in [-0.2, 0) is 11.3 Å². The van der Waals surface area contributed by atoms with Crippen LogP contribution >= 0.6 is 34.7 Å². The van der Waals surface area contributed by atoms with Crippen LogP contribution in [0.2, 0.25) is 5.02 Å². The van der Waals surface area contributed by atoms with E-state index < -0.39 is 6.04 Å². The number of anilines is 1. The van der Waals surface area contributed by atoms with E-state index in [9.17, 15) is 9.59 Å². The molecule has 2 amide bonds. The van der Waals surface area contributed by atoms with E-state index in [1.165, 1.54) is 0 Å². The number of nitrogens with one attached hydrogen (secondary N) is 2. The van der Waals surface area contributed by atoms with Gasteiger partial charge in [0.2, 0.25) is 5.91 Å². The molecule has 2 aromatic rings. The minimum atomic E-state index is -0.584. The molecule has 4 N–H and O–H groups in total. The number of halogens is 1. The number of thiophene rings is 1. The zero-order valence-corrected chi connectivity index (χ0v) is 16.1. The molecule has 0 saturated carbocycles. The van der Waals surface area contributed by atoms with Gasteiger partial charge in [0.05, 0.1) is 23.2 Å². The van der Waals surface area contributed by atoms with Crippen LogP contribution in [0.3, 0.4) is 0 Å². The van der Waals surface area contributed by atoms with Gasteiger partial charge >= 0.3 is 0 Å². The molecule has 0 aliphatic heterocycles. The number of hydrogen-bond donors (Lipinski definition) is 3. The molecule has 5 nitrogen and oxygen atoms in total. The Labute approximate surface area is 160 Å². The van der Waals surface area contributed by atoms with E-state index >= 15 is 0 Å². The summed E-state index contributed by atoms with van der Waals surface area (Å²) >= 11 is 9.32. The van der Waals surface area contributed by atoms with Crippen LogP contribution in [0.15, 0.2) is 35.7 Å². The van der Waals surface area contributed by atoms with E-state index in [1.807, 2.05) is 23.8 Å². The summed E-state index contributed by atoms with van der Waals surface area (Å²) in [6, 6.07) is 8.08. The summed E-state index contributed by atoms with van der Waals surface area (Å²) in [7, 11) is 0. The summed E-state index contributed by atoms with van der Waals surface area (Å²) in [6.07, 6.45) is 2.56. The first kappa shape index (κ1) is 19.8. The molecular weight excluding hydrogens is 378 g/mol. The minimum Gasteiger partial charge on any atom is -0.347 e. The first-order valence-corrected chi connectivity index (χ1v) is 10.3. The molecule has 8 heteroatoms. The number of benzene rings is 1. The van der Waals surface area contributed by atoms with Gasteiger partial charge in [-0.25, -0.2) is 0 Å². The molecule has 1 atom stereocenters. The number of nitrogens with two attached hydrogens (primary N) is 1. The highest BCUT2D eigenvalue weighted by Gasteiger charge is 2.16. The lowest BCUT2D eigenvalue weighted by molar-refractivity contribution is -0.117. The zero-order valence-electron chi connectivity index (χ0n) is 13.8. The standard InChI is InChI=1S/C17H20ClN3O2S2/c1-24-8-6-15(19)17(23)21-11-4-5-14(18)13(9-11)16(22)20-10-12-3-2-7-25-12/h2-5,7,9,15H,6,8,10,19H2,1H3,(H,20,22)(H,21,23)/t15-/m0/s1. The van der Waals surface area contributed by atoms with E-state index in [-0.39, 0.29) is 11.8 Å². The van der Waals surface area contributed by atoms with Crippen molar-refractivity contribution in [2.24, 2.45) is 5.73 Å². The van der Waals surface area contributed by atoms with Gasteiger partial charge in [-0.2, -0.15) is 11.8 Å². The Morgan fingerprint density at radius 3 is 2.84 bits per heavy atom. The Kier molecular flexibility index (Phi) is 7.77. The molecule has 0 aliphatic carbocycles. The molecule has 0 aliphatic rings. The quantitative estimate of drug-likeness (QED) is 0.637. The number of amides is 2. The minimum absolute atomic E-state index is 0.277. The second-order valence-electron chi connectivity index (χ2n) is 5.33. The van der Waals surface area contributed by atoms with Crippen molar-refractivity contribution in [1.82, 2.24) is 5.32 Å². The lowest BCUT2D eigenvalue weighted by Gasteiger charge is -2.13. The van der Waals surface area contributed by atoms with Gasteiger partial charge < -0.3 is 16.4 Å². The van der Waals surface area contributed by atoms with E-state index in [4.69, 9.17) is 17.3 Å². The fourth-order valence-electron chi connectivity index (χ4n) is 2.06. The Balaban J connectivity index is 2.01. The van der Waals surface area contributed by atoms with Gasteiger partial charge in [-0.3, -0.25) is 9.59 Å². The van der Waals surface area contributed by atoms with Crippen molar-refractivity contribution in [3.63, 3.8) is 0 Å². The lowest BCUT2D eigenvalue weighted by atomic mass is 10.1. The number of carbonyl (C=O) groups is 2. The fraction of sp³-hybridized carbons (Fsp3) is 0.294. The predicted octanol–water partition coefficient (Wildman–Crippen LogP) is 3.35. The van der Waals surface area contributed by atoms with Crippen molar-refractivity contribution in [2.75, 3.05) is 17.3 Å². The van der Waals surface area contributed by atoms with Crippen LogP contribution < -0.4 is 16.4 Å². The van der Waals surface area contributed by atoms with Crippen LogP contribution in [-0.4, -0.2) is 29.9 Å². The average molecular weight is 398 g/mol. The Morgan fingerprint density at radius 2 is 2.16 bits per heavy atom. The van der Waals surface area contributed by atoms with Crippen molar-refractivity contribution >= 4 is 52.2 Å². The SMILES string of the molecule is CSCC[C@H](N)C(=O)Nc1ccc(Cl)c(C(=O)NCc2cccs2)c1. The molecule has 2 rings (SSSR count). The van der Waals surface area contributed by atoms with Crippen LogP contribution in [0.5, 0.6) is 0 Å². The molecule has 0 bridgehead atoms. The maximum Gasteiger partial charge on any atom is 0.253 e. The van der Waals surface area contributed by atoms with Crippen molar-refractivity contribution in [3.05, 3.63) is 51.2 Å². The van der Waals surface area contributed by atoms with E-state index in [0.717, 1.165) is 10.6 Å². The van der Waals surface area contributed by atoms with Gasteiger partial charge in [0.15, 0.2) is 0 Å². The van der Waals surface area contributed by atoms with E-state index in [1.54, 1.807) is 41.3 Å². The second-order valence-corrected chi connectivity index (χ2v) is 7.76. The van der Waals surface area contributed by atoms with Crippen molar-refractivity contribution in [1.29, 1.82) is 0 Å². The van der Waals surface area contributed by atoms with Crippen molar-refractivity contribution in [2.45, 2.75) is 19.0 Å². The van der Waals surface area contributed by atoms with Gasteiger partial charge in [0, 0.05) is 10.6 Å². The van der Waals surface area contributed by atoms with Crippen molar-refractivity contribution < 1.29 is 9.59 Å². The fourth-order valence-corrected chi connectivity index (χ4v) is 3.40. The highest BCUT2D eigenvalue weighted by molar-refractivity contribution is 7.98. The molecule has 0 unspecified atom stereocenters. The third kappa shape index (κ3) is 6.04. The lowest BCUT2D eigenvalue weighted by Crippen LogP contribution is -2.36. The molecule has 0 saturated heterocycles. The number of carbonyl (C=O) groups excluding carboxylic acids is 2. The Hall–Kier alpha value is -1.54. The first-order valence-electron chi connectivity index (χ1n) is 7.66. The largest absolute Gasteiger partial charge is 0.347 e. The van der Waals surface area contributed by atoms with Crippen LogP contribution in [0.25, 0.3) is 0 Å². The molecule has 1 aromatic heterocycles. The number of hydrogen-bond acceptors (Lipinski definition) is 5. The van der Waals surface area contributed by atoms with Crippen LogP contribution in [0.4, 0.5) is 5.69 Å². The summed E-state index contributed by atoms with van der Waals surface area (Å²) in [5.41, 5.74) is 6.66. The van der Waals surface area contributed by atoms with E-state index in [2.05, 4.69) is 10.6 Å². The van der Waals surface area contributed by atoms with Gasteiger partial charge in [-0.15, -0.1) is 11.3 Å². The van der Waals surface area contributed by atoms with Gasteiger partial charge in [-0.1, -0.05) is 17.7 Å². The maximum absolute atomic E-state index is 12.3. The third-order valence-corrected chi connectivity index (χ3v) is 5.30. The number of thioether (sulfide) groups is 1. The summed E-state index contributed by atoms with van der Waals surface area (Å²) < 4.78 is 0. The van der Waals surface area contributed by atoms with Gasteiger partial charge in [-0.05, 0) is 48.1 Å². The van der Waals surface area contributed by atoms with Crippen LogP contribution in [0.1, 0.15) is 21.7 Å². The molecule has 134 valence electrons. The number of rotatable bonds is 8. The predicted molar refractivity (Wildman–Crippen MR) is 107 cm³/mol. The molecule has 0 radical (unpaired) electrons. The topological polar surface area (TPSA) is 84.2 Å². The molecule has 1 heterocycles. The summed E-state index contributed by atoms with van der Waals surface area (Å²) in [5.74, 6) is 0.244. The normalized spacial score (nSPS) is 11.8. The van der Waals surface area contributed by atoms with Crippen molar-refractivity contribution in [3.8, 4) is 0 Å². The molecular formula is C17H20ClN3O2S2. The zero-order chi connectivity index (χ0) is 18.2. The molecule has 1 aromatic carbocycles. The second kappa shape index (κ2) is 9.82. The highest BCUT2D eigenvalue weighted by Crippen LogP contribution is 2.21. The van der Waals surface area contributed by atoms with Crippen LogP contribution in [0, 0.1) is 0 Å². The van der Waals surface area contributed by atoms with Gasteiger partial charge in [0.25, 0.3) is 5.91 Å². The maximum atomic E-state index is 12.3. The molecule has 25 heavy (non-hydrogen) atoms. The smallest absolute Gasteiger partial charge is 0.253 e. The first-order chi connectivity index (χ1) is 12.0.